The van der Waals surface area contributed by atoms with E-state index in [-0.39, 0.29) is 5.75 Å². The van der Waals surface area contributed by atoms with Gasteiger partial charge in [-0.05, 0) is 32.4 Å². The summed E-state index contributed by atoms with van der Waals surface area (Å²) in [6.07, 6.45) is 0. The highest BCUT2D eigenvalue weighted by Gasteiger charge is 2.25. The molecule has 3 nitrogen and oxygen atoms in total. The van der Waals surface area contributed by atoms with E-state index >= 15 is 0 Å². The molecule has 0 radical (unpaired) electrons. The normalized spacial score (nSPS) is 11.6. The first-order valence-electron chi connectivity index (χ1n) is 4.64. The minimum absolute atomic E-state index is 0.116. The number of ether oxygens (including phenoxy) is 1. The molecule has 0 fully saturated rings. The van der Waals surface area contributed by atoms with Gasteiger partial charge in [0, 0.05) is 15.6 Å². The standard InChI is InChI=1S/C11H16BrNO2/c1-6-7(12)5-8(15-4)10(14)9(6)11(2,3)13/h5,14H,13H2,1-4H3. The van der Waals surface area contributed by atoms with Gasteiger partial charge in [-0.2, -0.15) is 0 Å². The fourth-order valence-corrected chi connectivity index (χ4v) is 2.06. The first-order chi connectivity index (χ1) is 6.79. The summed E-state index contributed by atoms with van der Waals surface area (Å²) in [4.78, 5) is 0. The zero-order valence-corrected chi connectivity index (χ0v) is 11.0. The van der Waals surface area contributed by atoms with Crippen LogP contribution in [0.15, 0.2) is 10.5 Å². The molecule has 0 amide bonds. The van der Waals surface area contributed by atoms with Crippen LogP contribution in [0.4, 0.5) is 0 Å². The molecule has 0 aliphatic heterocycles. The van der Waals surface area contributed by atoms with E-state index in [0.29, 0.717) is 11.3 Å². The number of halogens is 1. The van der Waals surface area contributed by atoms with Crippen molar-refractivity contribution in [3.05, 3.63) is 21.7 Å². The molecule has 0 saturated heterocycles. The van der Waals surface area contributed by atoms with Crippen molar-refractivity contribution in [1.29, 1.82) is 0 Å². The number of hydrogen-bond acceptors (Lipinski definition) is 3. The molecule has 4 heteroatoms. The molecule has 0 saturated carbocycles. The van der Waals surface area contributed by atoms with Crippen molar-refractivity contribution in [3.63, 3.8) is 0 Å². The molecule has 0 heterocycles. The second-order valence-corrected chi connectivity index (χ2v) is 4.99. The highest BCUT2D eigenvalue weighted by atomic mass is 79.9. The fraction of sp³-hybridized carbons (Fsp3) is 0.455. The van der Waals surface area contributed by atoms with Crippen LogP contribution in [0.2, 0.25) is 0 Å². The second kappa shape index (κ2) is 4.02. The lowest BCUT2D eigenvalue weighted by molar-refractivity contribution is 0.361. The molecule has 0 aliphatic carbocycles. The lowest BCUT2D eigenvalue weighted by Crippen LogP contribution is -2.30. The number of phenolic OH excluding ortho intramolecular Hbond substituents is 1. The van der Waals surface area contributed by atoms with Gasteiger partial charge in [-0.25, -0.2) is 0 Å². The van der Waals surface area contributed by atoms with Gasteiger partial charge in [0.05, 0.1) is 7.11 Å². The van der Waals surface area contributed by atoms with Gasteiger partial charge in [-0.15, -0.1) is 0 Å². The van der Waals surface area contributed by atoms with Gasteiger partial charge in [-0.1, -0.05) is 15.9 Å². The van der Waals surface area contributed by atoms with Crippen LogP contribution in [-0.4, -0.2) is 12.2 Å². The van der Waals surface area contributed by atoms with Crippen LogP contribution in [0.1, 0.15) is 25.0 Å². The van der Waals surface area contributed by atoms with Crippen LogP contribution in [0.3, 0.4) is 0 Å². The fourth-order valence-electron chi connectivity index (χ4n) is 1.66. The van der Waals surface area contributed by atoms with Crippen LogP contribution in [0, 0.1) is 6.92 Å². The number of aromatic hydroxyl groups is 1. The molecule has 1 aromatic rings. The third-order valence-corrected chi connectivity index (χ3v) is 3.15. The van der Waals surface area contributed by atoms with Crippen molar-refractivity contribution < 1.29 is 9.84 Å². The number of benzene rings is 1. The molecule has 0 aromatic heterocycles. The maximum Gasteiger partial charge on any atom is 0.163 e. The maximum absolute atomic E-state index is 10.0. The number of nitrogens with two attached hydrogens (primary N) is 1. The topological polar surface area (TPSA) is 55.5 Å². The van der Waals surface area contributed by atoms with E-state index < -0.39 is 5.54 Å². The van der Waals surface area contributed by atoms with Crippen molar-refractivity contribution in [2.75, 3.05) is 7.11 Å². The Balaban J connectivity index is 3.55. The van der Waals surface area contributed by atoms with E-state index in [0.717, 1.165) is 10.0 Å². The van der Waals surface area contributed by atoms with Crippen LogP contribution < -0.4 is 10.5 Å². The van der Waals surface area contributed by atoms with Gasteiger partial charge in [0.25, 0.3) is 0 Å². The molecule has 3 N–H and O–H groups in total. The quantitative estimate of drug-likeness (QED) is 0.871. The zero-order chi connectivity index (χ0) is 11.8. The Hall–Kier alpha value is -0.740. The van der Waals surface area contributed by atoms with Gasteiger partial charge in [-0.3, -0.25) is 0 Å². The summed E-state index contributed by atoms with van der Waals surface area (Å²) in [6.45, 7) is 5.61. The Labute approximate surface area is 98.4 Å². The van der Waals surface area contributed by atoms with E-state index in [2.05, 4.69) is 15.9 Å². The Kier molecular flexibility index (Phi) is 3.31. The lowest BCUT2D eigenvalue weighted by Gasteiger charge is -2.24. The minimum Gasteiger partial charge on any atom is -0.504 e. The summed E-state index contributed by atoms with van der Waals surface area (Å²) in [5.74, 6) is 0.548. The van der Waals surface area contributed by atoms with Crippen molar-refractivity contribution in [3.8, 4) is 11.5 Å². The minimum atomic E-state index is -0.606. The average molecular weight is 274 g/mol. The van der Waals surface area contributed by atoms with Crippen LogP contribution >= 0.6 is 15.9 Å². The monoisotopic (exact) mass is 273 g/mol. The second-order valence-electron chi connectivity index (χ2n) is 4.13. The van der Waals surface area contributed by atoms with Crippen LogP contribution in [0.5, 0.6) is 11.5 Å². The molecular weight excluding hydrogens is 258 g/mol. The van der Waals surface area contributed by atoms with E-state index in [1.54, 1.807) is 6.07 Å². The van der Waals surface area contributed by atoms with Gasteiger partial charge >= 0.3 is 0 Å². The van der Waals surface area contributed by atoms with Crippen LogP contribution in [-0.2, 0) is 5.54 Å². The molecular formula is C11H16BrNO2. The van der Waals surface area contributed by atoms with Crippen molar-refractivity contribution >= 4 is 15.9 Å². The Morgan fingerprint density at radius 2 is 2.00 bits per heavy atom. The van der Waals surface area contributed by atoms with E-state index in [1.165, 1.54) is 7.11 Å². The number of methoxy groups -OCH3 is 1. The predicted molar refractivity (Wildman–Crippen MR) is 64.3 cm³/mol. The number of hydrogen-bond donors (Lipinski definition) is 2. The molecule has 84 valence electrons. The van der Waals surface area contributed by atoms with Gasteiger partial charge < -0.3 is 15.6 Å². The molecule has 1 aromatic carbocycles. The summed E-state index contributed by atoms with van der Waals surface area (Å²) in [5, 5.41) is 10.0. The van der Waals surface area contributed by atoms with E-state index in [4.69, 9.17) is 10.5 Å². The Bertz CT molecular complexity index is 383. The van der Waals surface area contributed by atoms with Gasteiger partial charge in [0.15, 0.2) is 11.5 Å². The number of rotatable bonds is 2. The molecule has 1 rings (SSSR count). The summed E-state index contributed by atoms with van der Waals surface area (Å²) < 4.78 is 5.96. The van der Waals surface area contributed by atoms with Crippen molar-refractivity contribution in [2.45, 2.75) is 26.3 Å². The maximum atomic E-state index is 10.0. The summed E-state index contributed by atoms with van der Waals surface area (Å²) in [6, 6.07) is 1.74. The highest BCUT2D eigenvalue weighted by Crippen LogP contribution is 2.41. The van der Waals surface area contributed by atoms with Gasteiger partial charge in [0.2, 0.25) is 0 Å². The molecule has 0 atom stereocenters. The van der Waals surface area contributed by atoms with Crippen molar-refractivity contribution in [1.82, 2.24) is 0 Å². The summed E-state index contributed by atoms with van der Waals surface area (Å²) in [7, 11) is 1.52. The third kappa shape index (κ3) is 2.26. The highest BCUT2D eigenvalue weighted by molar-refractivity contribution is 9.10. The Morgan fingerprint density at radius 3 is 2.40 bits per heavy atom. The first kappa shape index (κ1) is 12.3. The molecule has 0 aliphatic rings. The largest absolute Gasteiger partial charge is 0.504 e. The van der Waals surface area contributed by atoms with E-state index in [1.807, 2.05) is 20.8 Å². The first-order valence-corrected chi connectivity index (χ1v) is 5.43. The SMILES string of the molecule is COc1cc(Br)c(C)c(C(C)(C)N)c1O. The van der Waals surface area contributed by atoms with E-state index in [9.17, 15) is 5.11 Å². The van der Waals surface area contributed by atoms with Gasteiger partial charge in [0.1, 0.15) is 0 Å². The molecule has 0 bridgehead atoms. The third-order valence-electron chi connectivity index (χ3n) is 2.33. The van der Waals surface area contributed by atoms with Crippen LogP contribution in [0.25, 0.3) is 0 Å². The summed E-state index contributed by atoms with van der Waals surface area (Å²) in [5.41, 5.74) is 7.04. The average Bonchev–Trinajstić information content (AvgIpc) is 2.09. The Morgan fingerprint density at radius 1 is 1.47 bits per heavy atom. The smallest absolute Gasteiger partial charge is 0.163 e. The van der Waals surface area contributed by atoms with Crippen molar-refractivity contribution in [2.24, 2.45) is 5.73 Å². The summed E-state index contributed by atoms with van der Waals surface area (Å²) >= 11 is 3.42. The number of phenols is 1. The zero-order valence-electron chi connectivity index (χ0n) is 9.39. The molecule has 0 spiro atoms. The predicted octanol–water partition coefficient (Wildman–Crippen LogP) is 2.67. The lowest BCUT2D eigenvalue weighted by atomic mass is 9.90. The molecule has 15 heavy (non-hydrogen) atoms. The molecule has 0 unspecified atom stereocenters.